The summed E-state index contributed by atoms with van der Waals surface area (Å²) in [5.74, 6) is 13.9. The van der Waals surface area contributed by atoms with Gasteiger partial charge in [-0.2, -0.15) is 0 Å². The smallest absolute Gasteiger partial charge is 0.0272 e. The molecule has 8 atom stereocenters. The summed E-state index contributed by atoms with van der Waals surface area (Å²) < 4.78 is 0. The van der Waals surface area contributed by atoms with Crippen LogP contribution in [0.25, 0.3) is 0 Å². The third-order valence-electron chi connectivity index (χ3n) is 7.55. The first-order valence-electron chi connectivity index (χ1n) is 8.66. The van der Waals surface area contributed by atoms with Crippen LogP contribution in [0.3, 0.4) is 0 Å². The number of hydrazine groups is 1. The van der Waals surface area contributed by atoms with E-state index in [1.807, 2.05) is 0 Å². The minimum Gasteiger partial charge on any atom is -0.271 e. The molecule has 4 rings (SSSR count). The minimum atomic E-state index is 0.633. The third-order valence-corrected chi connectivity index (χ3v) is 7.55. The molecule has 0 amide bonds. The lowest BCUT2D eigenvalue weighted by Gasteiger charge is -2.37. The van der Waals surface area contributed by atoms with Gasteiger partial charge in [0, 0.05) is 6.04 Å². The van der Waals surface area contributed by atoms with Crippen molar-refractivity contribution in [3.05, 3.63) is 0 Å². The number of fused-ring (bicyclic) bond motifs is 5. The quantitative estimate of drug-likeness (QED) is 0.605. The number of nitrogens with two attached hydrogens (primary N) is 1. The Morgan fingerprint density at radius 3 is 2.16 bits per heavy atom. The zero-order valence-corrected chi connectivity index (χ0v) is 12.5. The van der Waals surface area contributed by atoms with Crippen LogP contribution in [0, 0.1) is 47.3 Å². The summed E-state index contributed by atoms with van der Waals surface area (Å²) in [5.41, 5.74) is 3.27. The highest BCUT2D eigenvalue weighted by Gasteiger charge is 2.67. The van der Waals surface area contributed by atoms with Gasteiger partial charge in [-0.1, -0.05) is 20.3 Å². The average molecular weight is 262 g/mol. The lowest BCUT2D eigenvalue weighted by atomic mass is 9.71. The number of hydrogen-bond donors (Lipinski definition) is 2. The largest absolute Gasteiger partial charge is 0.271 e. The van der Waals surface area contributed by atoms with Crippen molar-refractivity contribution in [2.75, 3.05) is 0 Å². The maximum Gasteiger partial charge on any atom is 0.0272 e. The van der Waals surface area contributed by atoms with Crippen molar-refractivity contribution in [1.82, 2.24) is 5.43 Å². The highest BCUT2D eigenvalue weighted by molar-refractivity contribution is 5.16. The Bertz CT molecular complexity index is 339. The first-order chi connectivity index (χ1) is 9.20. The molecule has 0 radical (unpaired) electrons. The van der Waals surface area contributed by atoms with Crippen LogP contribution in [0.15, 0.2) is 0 Å². The van der Waals surface area contributed by atoms with E-state index < -0.39 is 0 Å². The van der Waals surface area contributed by atoms with Gasteiger partial charge in [-0.25, -0.2) is 0 Å². The predicted molar refractivity (Wildman–Crippen MR) is 78.1 cm³/mol. The highest BCUT2D eigenvalue weighted by Crippen LogP contribution is 2.71. The zero-order valence-electron chi connectivity index (χ0n) is 12.5. The van der Waals surface area contributed by atoms with Crippen LogP contribution in [0.1, 0.15) is 52.4 Å². The maximum absolute atomic E-state index is 5.99. The molecule has 108 valence electrons. The van der Waals surface area contributed by atoms with E-state index >= 15 is 0 Å². The van der Waals surface area contributed by atoms with E-state index in [-0.39, 0.29) is 0 Å². The Morgan fingerprint density at radius 2 is 1.58 bits per heavy atom. The molecule has 19 heavy (non-hydrogen) atoms. The van der Waals surface area contributed by atoms with Crippen LogP contribution in [0.4, 0.5) is 0 Å². The fourth-order valence-electron chi connectivity index (χ4n) is 6.35. The van der Waals surface area contributed by atoms with Crippen LogP contribution in [0.5, 0.6) is 0 Å². The molecule has 2 nitrogen and oxygen atoms in total. The van der Waals surface area contributed by atoms with Crippen molar-refractivity contribution in [2.45, 2.75) is 58.4 Å². The van der Waals surface area contributed by atoms with Crippen molar-refractivity contribution in [2.24, 2.45) is 53.2 Å². The van der Waals surface area contributed by atoms with Crippen molar-refractivity contribution in [1.29, 1.82) is 0 Å². The van der Waals surface area contributed by atoms with E-state index in [0.717, 1.165) is 47.3 Å². The highest BCUT2D eigenvalue weighted by atomic mass is 15.2. The van der Waals surface area contributed by atoms with Gasteiger partial charge in [0.05, 0.1) is 0 Å². The third kappa shape index (κ3) is 1.82. The van der Waals surface area contributed by atoms with E-state index in [1.165, 1.54) is 32.1 Å². The fourth-order valence-corrected chi connectivity index (χ4v) is 6.35. The van der Waals surface area contributed by atoms with Crippen molar-refractivity contribution in [3.63, 3.8) is 0 Å². The number of rotatable bonds is 3. The van der Waals surface area contributed by atoms with Gasteiger partial charge >= 0.3 is 0 Å². The average Bonchev–Trinajstić information content (AvgIpc) is 2.82. The maximum atomic E-state index is 5.99. The molecule has 3 N–H and O–H groups in total. The first-order valence-corrected chi connectivity index (χ1v) is 8.66. The van der Waals surface area contributed by atoms with Gasteiger partial charge in [0.15, 0.2) is 0 Å². The second-order valence-electron chi connectivity index (χ2n) is 8.29. The molecule has 8 unspecified atom stereocenters. The topological polar surface area (TPSA) is 38.0 Å². The minimum absolute atomic E-state index is 0.633. The molecule has 4 aliphatic carbocycles. The Balaban J connectivity index is 1.45. The van der Waals surface area contributed by atoms with Gasteiger partial charge in [-0.3, -0.25) is 11.3 Å². The summed E-state index contributed by atoms with van der Waals surface area (Å²) in [6.07, 6.45) is 8.84. The predicted octanol–water partition coefficient (Wildman–Crippen LogP) is 3.18. The van der Waals surface area contributed by atoms with E-state index in [1.54, 1.807) is 6.42 Å². The lowest BCUT2D eigenvalue weighted by Crippen LogP contribution is -2.46. The van der Waals surface area contributed by atoms with Crippen LogP contribution in [-0.2, 0) is 0 Å². The second kappa shape index (κ2) is 4.46. The van der Waals surface area contributed by atoms with Crippen molar-refractivity contribution in [3.8, 4) is 0 Å². The van der Waals surface area contributed by atoms with Crippen molar-refractivity contribution >= 4 is 0 Å². The second-order valence-corrected chi connectivity index (χ2v) is 8.29. The molecule has 4 aliphatic rings. The van der Waals surface area contributed by atoms with Gasteiger partial charge in [0.1, 0.15) is 0 Å². The number of hydrogen-bond acceptors (Lipinski definition) is 2. The molecule has 0 aromatic rings. The summed E-state index contributed by atoms with van der Waals surface area (Å²) in [6, 6.07) is 0.633. The molecule has 0 aliphatic heterocycles. The summed E-state index contributed by atoms with van der Waals surface area (Å²) in [7, 11) is 0. The van der Waals surface area contributed by atoms with Crippen LogP contribution in [0.2, 0.25) is 0 Å². The summed E-state index contributed by atoms with van der Waals surface area (Å²) in [5, 5.41) is 0. The molecule has 0 aromatic carbocycles. The van der Waals surface area contributed by atoms with Gasteiger partial charge in [-0.05, 0) is 79.4 Å². The molecule has 2 bridgehead atoms. The van der Waals surface area contributed by atoms with Crippen LogP contribution >= 0.6 is 0 Å². The molecule has 4 fully saturated rings. The molecule has 4 saturated carbocycles. The summed E-state index contributed by atoms with van der Waals surface area (Å²) in [4.78, 5) is 0. The SMILES string of the molecule is CC1CCC(C(NN)C2C3C4CCC(C4)C32)CC1C. The van der Waals surface area contributed by atoms with E-state index in [0.29, 0.717) is 6.04 Å². The molecule has 0 saturated heterocycles. The zero-order chi connectivity index (χ0) is 13.1. The first kappa shape index (κ1) is 12.6. The fraction of sp³-hybridized carbons (Fsp3) is 1.00. The summed E-state index contributed by atoms with van der Waals surface area (Å²) >= 11 is 0. The Labute approximate surface area is 117 Å². The van der Waals surface area contributed by atoms with Gasteiger partial charge in [0.2, 0.25) is 0 Å². The standard InChI is InChI=1S/C17H30N2/c1-9-3-4-13(7-10(9)2)17(19-18)16-14-11-5-6-12(8-11)15(14)16/h9-17,19H,3-8,18H2,1-2H3. The summed E-state index contributed by atoms with van der Waals surface area (Å²) in [6.45, 7) is 4.87. The molecular formula is C17H30N2. The Kier molecular flexibility index (Phi) is 2.97. The Morgan fingerprint density at radius 1 is 0.895 bits per heavy atom. The van der Waals surface area contributed by atoms with E-state index in [2.05, 4.69) is 19.3 Å². The van der Waals surface area contributed by atoms with E-state index in [9.17, 15) is 0 Å². The molecule has 0 heterocycles. The van der Waals surface area contributed by atoms with Gasteiger partial charge in [0.25, 0.3) is 0 Å². The van der Waals surface area contributed by atoms with Crippen LogP contribution < -0.4 is 11.3 Å². The lowest BCUT2D eigenvalue weighted by molar-refractivity contribution is 0.150. The van der Waals surface area contributed by atoms with E-state index in [4.69, 9.17) is 5.84 Å². The normalized spacial score (nSPS) is 57.0. The molecule has 0 spiro atoms. The number of nitrogens with one attached hydrogen (secondary N) is 1. The van der Waals surface area contributed by atoms with Gasteiger partial charge < -0.3 is 0 Å². The molecule has 2 heteroatoms. The monoisotopic (exact) mass is 262 g/mol. The Hall–Kier alpha value is -0.0800. The molecule has 0 aromatic heterocycles. The van der Waals surface area contributed by atoms with Crippen LogP contribution in [-0.4, -0.2) is 6.04 Å². The van der Waals surface area contributed by atoms with Crippen molar-refractivity contribution < 1.29 is 0 Å². The van der Waals surface area contributed by atoms with Gasteiger partial charge in [-0.15, -0.1) is 0 Å². The molecular weight excluding hydrogens is 232 g/mol.